The fourth-order valence-corrected chi connectivity index (χ4v) is 2.56. The van der Waals surface area contributed by atoms with Crippen molar-refractivity contribution in [1.29, 1.82) is 0 Å². The van der Waals surface area contributed by atoms with E-state index in [0.29, 0.717) is 12.5 Å². The highest BCUT2D eigenvalue weighted by Crippen LogP contribution is 2.33. The van der Waals surface area contributed by atoms with E-state index in [9.17, 15) is 13.2 Å². The maximum absolute atomic E-state index is 12.9. The summed E-state index contributed by atoms with van der Waals surface area (Å²) in [5, 5.41) is 0. The Labute approximate surface area is 95.0 Å². The van der Waals surface area contributed by atoms with Crippen molar-refractivity contribution in [3.8, 4) is 0 Å². The molecule has 0 saturated carbocycles. The third kappa shape index (κ3) is 3.35. The van der Waals surface area contributed by atoms with Crippen LogP contribution in [0.1, 0.15) is 33.1 Å². The maximum atomic E-state index is 12.9. The van der Waals surface area contributed by atoms with E-state index in [1.807, 2.05) is 6.92 Å². The van der Waals surface area contributed by atoms with Crippen molar-refractivity contribution in [1.82, 2.24) is 4.90 Å². The molecule has 3 atom stereocenters. The third-order valence-electron chi connectivity index (χ3n) is 3.41. The van der Waals surface area contributed by atoms with Crippen LogP contribution in [-0.2, 0) is 0 Å². The molecule has 1 heterocycles. The SMILES string of the molecule is CC1CCN(C(CCN)C(F)(F)F)C(C)C1. The lowest BCUT2D eigenvalue weighted by Crippen LogP contribution is -2.53. The van der Waals surface area contributed by atoms with Crippen LogP contribution in [0.15, 0.2) is 0 Å². The molecule has 16 heavy (non-hydrogen) atoms. The molecule has 1 rings (SSSR count). The number of hydrogen-bond donors (Lipinski definition) is 1. The number of piperidine rings is 1. The lowest BCUT2D eigenvalue weighted by atomic mass is 9.91. The molecule has 2 N–H and O–H groups in total. The zero-order valence-corrected chi connectivity index (χ0v) is 9.93. The summed E-state index contributed by atoms with van der Waals surface area (Å²) in [6.07, 6.45) is -2.46. The predicted octanol–water partition coefficient (Wildman–Crippen LogP) is 2.39. The van der Waals surface area contributed by atoms with Crippen molar-refractivity contribution in [3.63, 3.8) is 0 Å². The second kappa shape index (κ2) is 5.36. The quantitative estimate of drug-likeness (QED) is 0.818. The summed E-state index contributed by atoms with van der Waals surface area (Å²) in [6, 6.07) is -1.36. The van der Waals surface area contributed by atoms with Crippen molar-refractivity contribution in [2.75, 3.05) is 13.1 Å². The highest BCUT2D eigenvalue weighted by molar-refractivity contribution is 4.86. The van der Waals surface area contributed by atoms with Gasteiger partial charge in [-0.15, -0.1) is 0 Å². The van der Waals surface area contributed by atoms with Crippen molar-refractivity contribution < 1.29 is 13.2 Å². The second-order valence-electron chi connectivity index (χ2n) is 4.85. The average molecular weight is 238 g/mol. The summed E-state index contributed by atoms with van der Waals surface area (Å²) in [5.74, 6) is 0.526. The second-order valence-corrected chi connectivity index (χ2v) is 4.85. The van der Waals surface area contributed by atoms with Gasteiger partial charge in [0.15, 0.2) is 0 Å². The number of halogens is 3. The number of likely N-dealkylation sites (tertiary alicyclic amines) is 1. The van der Waals surface area contributed by atoms with E-state index in [-0.39, 0.29) is 19.0 Å². The topological polar surface area (TPSA) is 29.3 Å². The molecule has 3 unspecified atom stereocenters. The van der Waals surface area contributed by atoms with Gasteiger partial charge in [-0.2, -0.15) is 13.2 Å². The van der Waals surface area contributed by atoms with Crippen molar-refractivity contribution in [2.24, 2.45) is 11.7 Å². The van der Waals surface area contributed by atoms with Crippen LogP contribution in [0.3, 0.4) is 0 Å². The molecule has 0 aromatic carbocycles. The number of nitrogens with two attached hydrogens (primary N) is 1. The summed E-state index contributed by atoms with van der Waals surface area (Å²) >= 11 is 0. The van der Waals surface area contributed by atoms with Crippen LogP contribution in [0.2, 0.25) is 0 Å². The molecule has 0 aromatic rings. The van der Waals surface area contributed by atoms with Gasteiger partial charge < -0.3 is 5.73 Å². The smallest absolute Gasteiger partial charge is 0.330 e. The molecular formula is C11H21F3N2. The lowest BCUT2D eigenvalue weighted by molar-refractivity contribution is -0.194. The first-order valence-corrected chi connectivity index (χ1v) is 5.88. The number of rotatable bonds is 3. The van der Waals surface area contributed by atoms with Crippen LogP contribution in [0.5, 0.6) is 0 Å². The number of hydrogen-bond acceptors (Lipinski definition) is 2. The molecular weight excluding hydrogens is 217 g/mol. The van der Waals surface area contributed by atoms with Crippen molar-refractivity contribution in [3.05, 3.63) is 0 Å². The highest BCUT2D eigenvalue weighted by atomic mass is 19.4. The van der Waals surface area contributed by atoms with Gasteiger partial charge in [0.1, 0.15) is 6.04 Å². The zero-order valence-electron chi connectivity index (χ0n) is 9.93. The van der Waals surface area contributed by atoms with Gasteiger partial charge in [-0.1, -0.05) is 6.92 Å². The van der Waals surface area contributed by atoms with Crippen LogP contribution < -0.4 is 5.73 Å². The van der Waals surface area contributed by atoms with Gasteiger partial charge >= 0.3 is 6.18 Å². The van der Waals surface area contributed by atoms with Gasteiger partial charge in [-0.05, 0) is 45.2 Å². The molecule has 5 heteroatoms. The van der Waals surface area contributed by atoms with E-state index in [2.05, 4.69) is 6.92 Å². The third-order valence-corrected chi connectivity index (χ3v) is 3.41. The Morgan fingerprint density at radius 3 is 2.44 bits per heavy atom. The molecule has 0 aliphatic carbocycles. The molecule has 1 saturated heterocycles. The maximum Gasteiger partial charge on any atom is 0.404 e. The fraction of sp³-hybridized carbons (Fsp3) is 1.00. The van der Waals surface area contributed by atoms with Crippen molar-refractivity contribution in [2.45, 2.75) is 51.4 Å². The van der Waals surface area contributed by atoms with Crippen LogP contribution in [0, 0.1) is 5.92 Å². The molecule has 1 aliphatic rings. The summed E-state index contributed by atoms with van der Waals surface area (Å²) < 4.78 is 38.6. The average Bonchev–Trinajstić information content (AvgIpc) is 2.13. The summed E-state index contributed by atoms with van der Waals surface area (Å²) in [7, 11) is 0. The van der Waals surface area contributed by atoms with E-state index < -0.39 is 12.2 Å². The van der Waals surface area contributed by atoms with Crippen molar-refractivity contribution >= 4 is 0 Å². The molecule has 0 radical (unpaired) electrons. The van der Waals surface area contributed by atoms with Crippen LogP contribution in [0.25, 0.3) is 0 Å². The number of alkyl halides is 3. The van der Waals surface area contributed by atoms with Crippen LogP contribution in [0.4, 0.5) is 13.2 Å². The summed E-state index contributed by atoms with van der Waals surface area (Å²) in [4.78, 5) is 1.58. The lowest BCUT2D eigenvalue weighted by Gasteiger charge is -2.42. The summed E-state index contributed by atoms with van der Waals surface area (Å²) in [6.45, 7) is 4.60. The first-order valence-electron chi connectivity index (χ1n) is 5.88. The van der Waals surface area contributed by atoms with Crippen LogP contribution in [-0.4, -0.2) is 36.2 Å². The van der Waals surface area contributed by atoms with E-state index >= 15 is 0 Å². The minimum Gasteiger partial charge on any atom is -0.330 e. The molecule has 0 spiro atoms. The molecule has 1 aliphatic heterocycles. The Balaban J connectivity index is 2.71. The Morgan fingerprint density at radius 1 is 1.38 bits per heavy atom. The molecule has 2 nitrogen and oxygen atoms in total. The molecule has 0 amide bonds. The Morgan fingerprint density at radius 2 is 2.00 bits per heavy atom. The Hall–Kier alpha value is -0.290. The van der Waals surface area contributed by atoms with E-state index in [4.69, 9.17) is 5.73 Å². The van der Waals surface area contributed by atoms with Gasteiger partial charge in [-0.25, -0.2) is 0 Å². The molecule has 0 bridgehead atoms. The Kier molecular flexibility index (Phi) is 4.62. The van der Waals surface area contributed by atoms with E-state index in [1.54, 1.807) is 4.90 Å². The monoisotopic (exact) mass is 238 g/mol. The van der Waals surface area contributed by atoms with Gasteiger partial charge in [-0.3, -0.25) is 4.90 Å². The van der Waals surface area contributed by atoms with Gasteiger partial charge in [0.2, 0.25) is 0 Å². The van der Waals surface area contributed by atoms with Crippen LogP contribution >= 0.6 is 0 Å². The first kappa shape index (κ1) is 13.8. The minimum absolute atomic E-state index is 0.00178. The largest absolute Gasteiger partial charge is 0.404 e. The predicted molar refractivity (Wildman–Crippen MR) is 58.1 cm³/mol. The van der Waals surface area contributed by atoms with E-state index in [0.717, 1.165) is 12.8 Å². The Bertz CT molecular complexity index is 218. The van der Waals surface area contributed by atoms with Gasteiger partial charge in [0.25, 0.3) is 0 Å². The molecule has 96 valence electrons. The summed E-state index contributed by atoms with van der Waals surface area (Å²) in [5.41, 5.74) is 5.28. The minimum atomic E-state index is -4.16. The van der Waals surface area contributed by atoms with Gasteiger partial charge in [0.05, 0.1) is 0 Å². The normalized spacial score (nSPS) is 30.4. The highest BCUT2D eigenvalue weighted by Gasteiger charge is 2.45. The zero-order chi connectivity index (χ0) is 12.3. The fourth-order valence-electron chi connectivity index (χ4n) is 2.56. The molecule has 0 aromatic heterocycles. The standard InChI is InChI=1S/C11H21F3N2/c1-8-4-6-16(9(2)7-8)10(3-5-15)11(12,13)14/h8-10H,3-7,15H2,1-2H3. The van der Waals surface area contributed by atoms with Gasteiger partial charge in [0, 0.05) is 6.04 Å². The molecule has 1 fully saturated rings. The number of nitrogens with zero attached hydrogens (tertiary/aromatic N) is 1. The van der Waals surface area contributed by atoms with E-state index in [1.165, 1.54) is 0 Å². The first-order chi connectivity index (χ1) is 7.36.